The van der Waals surface area contributed by atoms with Crippen molar-refractivity contribution in [3.63, 3.8) is 0 Å². The Kier molecular flexibility index (Phi) is 1.63. The minimum atomic E-state index is -0.456. The largest absolute Gasteiger partial charge is 0.282 e. The van der Waals surface area contributed by atoms with Crippen LogP contribution in [0.2, 0.25) is 0 Å². The van der Waals surface area contributed by atoms with Crippen molar-refractivity contribution < 1.29 is 9.59 Å². The van der Waals surface area contributed by atoms with Gasteiger partial charge in [0.05, 0.1) is 5.25 Å². The normalized spacial score (nSPS) is 27.5. The van der Waals surface area contributed by atoms with E-state index in [0.29, 0.717) is 19.1 Å². The summed E-state index contributed by atoms with van der Waals surface area (Å²) in [6, 6.07) is 0. The van der Waals surface area contributed by atoms with Crippen LogP contribution in [-0.2, 0) is 9.59 Å². The molecular formula is C6H9NO2S. The quantitative estimate of drug-likeness (QED) is 0.459. The van der Waals surface area contributed by atoms with Gasteiger partial charge in [0, 0.05) is 13.0 Å². The summed E-state index contributed by atoms with van der Waals surface area (Å²) >= 11 is 0.701. The third-order valence-electron chi connectivity index (χ3n) is 1.52. The molecule has 1 aliphatic rings. The SMILES string of the molecule is [3H]SC1CC(=O)N(CC)C1=O. The number of nitrogens with zero attached hydrogens (tertiary/aromatic N) is 1. The Morgan fingerprint density at radius 2 is 2.60 bits per heavy atom. The fourth-order valence-electron chi connectivity index (χ4n) is 0.985. The van der Waals surface area contributed by atoms with Gasteiger partial charge >= 0.3 is 0 Å². The number of imide groups is 1. The fourth-order valence-corrected chi connectivity index (χ4v) is 1.25. The molecule has 0 aliphatic carbocycles. The molecular weight excluding hydrogens is 150 g/mol. The van der Waals surface area contributed by atoms with E-state index in [-0.39, 0.29) is 18.2 Å². The van der Waals surface area contributed by atoms with Gasteiger partial charge in [-0.3, -0.25) is 14.5 Å². The third-order valence-corrected chi connectivity index (χ3v) is 1.89. The molecule has 1 fully saturated rings. The van der Waals surface area contributed by atoms with Gasteiger partial charge in [0.1, 0.15) is 1.12 Å². The van der Waals surface area contributed by atoms with Crippen molar-refractivity contribution in [3.05, 3.63) is 0 Å². The monoisotopic (exact) mass is 161 g/mol. The van der Waals surface area contributed by atoms with Crippen molar-refractivity contribution in [2.45, 2.75) is 18.6 Å². The number of thiol groups is 1. The lowest BCUT2D eigenvalue weighted by Gasteiger charge is -2.08. The zero-order valence-corrected chi connectivity index (χ0v) is 6.48. The average Bonchev–Trinajstić information content (AvgIpc) is 2.26. The minimum Gasteiger partial charge on any atom is -0.282 e. The van der Waals surface area contributed by atoms with Crippen LogP contribution < -0.4 is 0 Å². The Hall–Kier alpha value is -0.510. The first-order valence-electron chi connectivity index (χ1n) is 3.57. The first-order chi connectivity index (χ1) is 5.20. The van der Waals surface area contributed by atoms with Crippen molar-refractivity contribution in [1.29, 1.82) is 1.12 Å². The summed E-state index contributed by atoms with van der Waals surface area (Å²) in [5.74, 6) is -0.361. The Labute approximate surface area is 65.9 Å². The Morgan fingerprint density at radius 1 is 1.90 bits per heavy atom. The smallest absolute Gasteiger partial charge is 0.242 e. The number of hydrogen-bond donors (Lipinski definition) is 1. The highest BCUT2D eigenvalue weighted by Crippen LogP contribution is 2.16. The fraction of sp³-hybridized carbons (Fsp3) is 0.667. The number of amides is 2. The second kappa shape index (κ2) is 2.62. The molecule has 3 nitrogen and oxygen atoms in total. The highest BCUT2D eigenvalue weighted by molar-refractivity contribution is 7.81. The van der Waals surface area contributed by atoms with Gasteiger partial charge < -0.3 is 0 Å². The number of carbonyl (C=O) groups is 2. The molecule has 1 aliphatic heterocycles. The molecule has 1 heterocycles. The molecule has 10 heavy (non-hydrogen) atoms. The van der Waals surface area contributed by atoms with Crippen LogP contribution in [0.15, 0.2) is 0 Å². The molecule has 1 atom stereocenters. The molecule has 2 amide bonds. The predicted octanol–water partition coefficient (Wildman–Crippen LogP) is 0.0636. The lowest BCUT2D eigenvalue weighted by Crippen LogP contribution is -2.30. The second-order valence-electron chi connectivity index (χ2n) is 2.17. The zero-order chi connectivity index (χ0) is 8.43. The first kappa shape index (κ1) is 6.22. The lowest BCUT2D eigenvalue weighted by atomic mass is 10.4. The van der Waals surface area contributed by atoms with E-state index >= 15 is 0 Å². The summed E-state index contributed by atoms with van der Waals surface area (Å²) in [6.45, 7) is 2.18. The van der Waals surface area contributed by atoms with Gasteiger partial charge in [0.25, 0.3) is 0 Å². The van der Waals surface area contributed by atoms with Gasteiger partial charge in [-0.15, -0.1) is 0 Å². The summed E-state index contributed by atoms with van der Waals surface area (Å²) in [5.41, 5.74) is 0. The number of rotatable bonds is 2. The Bertz CT molecular complexity index is 197. The van der Waals surface area contributed by atoms with E-state index in [1.54, 1.807) is 6.92 Å². The van der Waals surface area contributed by atoms with Crippen molar-refractivity contribution in [2.75, 3.05) is 6.54 Å². The molecule has 0 aromatic heterocycles. The molecule has 0 bridgehead atoms. The first-order valence-corrected chi connectivity index (χ1v) is 3.64. The highest BCUT2D eigenvalue weighted by atomic mass is 32.1. The maximum absolute atomic E-state index is 11.1. The molecule has 0 spiro atoms. The average molecular weight is 161 g/mol. The van der Waals surface area contributed by atoms with E-state index in [9.17, 15) is 9.59 Å². The number of carbonyl (C=O) groups excluding carboxylic acids is 2. The summed E-state index contributed by atoms with van der Waals surface area (Å²) in [4.78, 5) is 23.3. The van der Waals surface area contributed by atoms with Gasteiger partial charge in [-0.2, -0.15) is 12.5 Å². The van der Waals surface area contributed by atoms with E-state index in [0.717, 1.165) is 0 Å². The summed E-state index contributed by atoms with van der Waals surface area (Å²) in [5, 5.41) is -0.456. The van der Waals surface area contributed by atoms with Crippen LogP contribution in [0, 0.1) is 0 Å². The molecule has 0 saturated carbocycles. The van der Waals surface area contributed by atoms with Gasteiger partial charge in [-0.25, -0.2) is 0 Å². The molecule has 1 rings (SSSR count). The molecule has 4 heteroatoms. The lowest BCUT2D eigenvalue weighted by molar-refractivity contribution is -0.137. The number of hydrogen-bond acceptors (Lipinski definition) is 3. The van der Waals surface area contributed by atoms with E-state index in [4.69, 9.17) is 1.12 Å². The maximum atomic E-state index is 11.1. The Balaban J connectivity index is 2.71. The van der Waals surface area contributed by atoms with Crippen molar-refractivity contribution >= 4 is 24.3 Å². The second-order valence-corrected chi connectivity index (χ2v) is 2.74. The summed E-state index contributed by atoms with van der Waals surface area (Å²) in [7, 11) is 0. The topological polar surface area (TPSA) is 37.4 Å². The zero-order valence-electron chi connectivity index (χ0n) is 6.66. The van der Waals surface area contributed by atoms with Crippen LogP contribution >= 0.6 is 12.5 Å². The molecule has 1 unspecified atom stereocenters. The van der Waals surface area contributed by atoms with Gasteiger partial charge in [0.15, 0.2) is 0 Å². The third kappa shape index (κ3) is 1.03. The minimum absolute atomic E-state index is 0.151. The van der Waals surface area contributed by atoms with E-state index in [1.807, 2.05) is 0 Å². The molecule has 1 saturated heterocycles. The Morgan fingerprint density at radius 3 is 2.90 bits per heavy atom. The summed E-state index contributed by atoms with van der Waals surface area (Å²) in [6.07, 6.45) is 0.195. The van der Waals surface area contributed by atoms with Gasteiger partial charge in [-0.05, 0) is 6.92 Å². The van der Waals surface area contributed by atoms with Gasteiger partial charge in [-0.1, -0.05) is 0 Å². The molecule has 0 aromatic carbocycles. The van der Waals surface area contributed by atoms with Crippen LogP contribution in [0.4, 0.5) is 0 Å². The van der Waals surface area contributed by atoms with Crippen LogP contribution in [0.5, 0.6) is 0 Å². The van der Waals surface area contributed by atoms with Crippen molar-refractivity contribution in [3.8, 4) is 0 Å². The highest BCUT2D eigenvalue weighted by Gasteiger charge is 2.34. The van der Waals surface area contributed by atoms with Crippen molar-refractivity contribution in [1.82, 2.24) is 4.90 Å². The van der Waals surface area contributed by atoms with Crippen LogP contribution in [-0.4, -0.2) is 29.6 Å². The molecule has 0 aromatic rings. The molecule has 0 N–H and O–H groups in total. The molecule has 0 radical (unpaired) electrons. The number of likely N-dealkylation sites (tertiary alicyclic amines) is 1. The van der Waals surface area contributed by atoms with E-state index < -0.39 is 5.25 Å². The van der Waals surface area contributed by atoms with Gasteiger partial charge in [0.2, 0.25) is 11.8 Å². The van der Waals surface area contributed by atoms with Crippen molar-refractivity contribution in [2.24, 2.45) is 0 Å². The maximum Gasteiger partial charge on any atom is 0.242 e. The van der Waals surface area contributed by atoms with E-state index in [1.165, 1.54) is 4.90 Å². The van der Waals surface area contributed by atoms with E-state index in [2.05, 4.69) is 0 Å². The molecule has 56 valence electrons. The van der Waals surface area contributed by atoms with Crippen LogP contribution in [0.3, 0.4) is 0 Å². The standard InChI is InChI=1S/C6H9NO2S/c1-2-7-5(8)3-4(10)6(7)9/h4,10H,2-3H2,1H3/i/hT. The summed E-state index contributed by atoms with van der Waals surface area (Å²) < 4.78 is 6.90. The predicted molar refractivity (Wildman–Crippen MR) is 39.8 cm³/mol. The van der Waals surface area contributed by atoms with Crippen LogP contribution in [0.1, 0.15) is 13.3 Å². The van der Waals surface area contributed by atoms with Crippen LogP contribution in [0.25, 0.3) is 0 Å².